The third kappa shape index (κ3) is 3.72. The molecule has 7 heteroatoms. The number of fused-ring (bicyclic) bond motifs is 1. The van der Waals surface area contributed by atoms with E-state index in [4.69, 9.17) is 4.74 Å². The first-order valence-electron chi connectivity index (χ1n) is 8.53. The van der Waals surface area contributed by atoms with Crippen LogP contribution < -0.4 is 10.1 Å². The van der Waals surface area contributed by atoms with Gasteiger partial charge in [0.1, 0.15) is 5.75 Å². The van der Waals surface area contributed by atoms with Gasteiger partial charge in [-0.15, -0.1) is 0 Å². The van der Waals surface area contributed by atoms with Gasteiger partial charge >= 0.3 is 0 Å². The Kier molecular flexibility index (Phi) is 5.00. The van der Waals surface area contributed by atoms with Crippen molar-refractivity contribution in [3.8, 4) is 5.75 Å². The minimum Gasteiger partial charge on any atom is -0.494 e. The lowest BCUT2D eigenvalue weighted by atomic mass is 9.86. The maximum atomic E-state index is 12.2. The summed E-state index contributed by atoms with van der Waals surface area (Å²) in [5.74, 6) is 0.702. The van der Waals surface area contributed by atoms with E-state index < -0.39 is 15.3 Å². The van der Waals surface area contributed by atoms with Gasteiger partial charge in [0.25, 0.3) is 0 Å². The van der Waals surface area contributed by atoms with Crippen LogP contribution in [0.1, 0.15) is 32.3 Å². The van der Waals surface area contributed by atoms with Gasteiger partial charge in [0.2, 0.25) is 5.91 Å². The lowest BCUT2D eigenvalue weighted by molar-refractivity contribution is -0.119. The number of hydrogen-bond donors (Lipinski definition) is 1. The molecular weight excluding hydrogens is 352 g/mol. The molecule has 0 unspecified atom stereocenters. The topological polar surface area (TPSA) is 85.4 Å². The van der Waals surface area contributed by atoms with Crippen LogP contribution in [0.4, 0.5) is 5.69 Å². The summed E-state index contributed by atoms with van der Waals surface area (Å²) in [6, 6.07) is 10.4. The molecule has 1 aromatic heterocycles. The van der Waals surface area contributed by atoms with Crippen LogP contribution in [0.2, 0.25) is 0 Å². The van der Waals surface area contributed by atoms with Crippen molar-refractivity contribution in [2.75, 3.05) is 17.7 Å². The predicted molar refractivity (Wildman–Crippen MR) is 99.1 cm³/mol. The van der Waals surface area contributed by atoms with Crippen LogP contribution in [0.25, 0.3) is 0 Å². The van der Waals surface area contributed by atoms with Gasteiger partial charge in [0.05, 0.1) is 17.8 Å². The number of nitrogens with zero attached hydrogens (tertiary/aromatic N) is 1. The van der Waals surface area contributed by atoms with E-state index in [0.29, 0.717) is 25.2 Å². The minimum atomic E-state index is -3.35. The number of rotatable bonds is 7. The van der Waals surface area contributed by atoms with Crippen LogP contribution in [0, 0.1) is 0 Å². The average Bonchev–Trinajstić information content (AvgIpc) is 2.85. The Bertz CT molecular complexity index is 908. The van der Waals surface area contributed by atoms with Crippen LogP contribution in [-0.4, -0.2) is 31.7 Å². The molecule has 2 heterocycles. The van der Waals surface area contributed by atoms with Crippen molar-refractivity contribution in [3.63, 3.8) is 0 Å². The molecule has 1 aliphatic heterocycles. The summed E-state index contributed by atoms with van der Waals surface area (Å²) in [6.07, 6.45) is 2.59. The second-order valence-corrected chi connectivity index (χ2v) is 8.88. The molecule has 0 saturated carbocycles. The second kappa shape index (κ2) is 7.07. The van der Waals surface area contributed by atoms with E-state index in [0.717, 1.165) is 11.3 Å². The van der Waals surface area contributed by atoms with E-state index >= 15 is 0 Å². The maximum Gasteiger partial charge on any atom is 0.234 e. The van der Waals surface area contributed by atoms with Gasteiger partial charge in [-0.1, -0.05) is 6.07 Å². The van der Waals surface area contributed by atoms with Gasteiger partial charge in [-0.3, -0.25) is 4.79 Å². The summed E-state index contributed by atoms with van der Waals surface area (Å²) >= 11 is 0. The van der Waals surface area contributed by atoms with E-state index in [1.807, 2.05) is 32.0 Å². The van der Waals surface area contributed by atoms with Gasteiger partial charge in [0.15, 0.2) is 14.9 Å². The third-order valence-electron chi connectivity index (χ3n) is 4.51. The Balaban J connectivity index is 1.51. The van der Waals surface area contributed by atoms with Crippen LogP contribution in [0.5, 0.6) is 5.75 Å². The zero-order chi connectivity index (χ0) is 18.8. The first-order valence-corrected chi connectivity index (χ1v) is 10.2. The highest BCUT2D eigenvalue weighted by Crippen LogP contribution is 2.39. The number of hydrogen-bond acceptors (Lipinski definition) is 5. The van der Waals surface area contributed by atoms with Crippen molar-refractivity contribution < 1.29 is 17.9 Å². The highest BCUT2D eigenvalue weighted by atomic mass is 32.2. The number of pyridine rings is 1. The molecule has 1 N–H and O–H groups in total. The number of benzene rings is 1. The van der Waals surface area contributed by atoms with Gasteiger partial charge in [-0.2, -0.15) is 0 Å². The molecule has 1 amide bonds. The molecule has 0 spiro atoms. The maximum absolute atomic E-state index is 12.2. The fourth-order valence-corrected chi connectivity index (χ4v) is 4.16. The molecule has 3 rings (SSSR count). The lowest BCUT2D eigenvalue weighted by Crippen LogP contribution is -2.26. The summed E-state index contributed by atoms with van der Waals surface area (Å²) in [6.45, 7) is 4.17. The number of nitrogens with one attached hydrogen (secondary N) is 1. The van der Waals surface area contributed by atoms with E-state index in [-0.39, 0.29) is 16.7 Å². The first kappa shape index (κ1) is 18.4. The normalized spacial score (nSPS) is 15.4. The number of carbonyl (C=O) groups is 1. The zero-order valence-electron chi connectivity index (χ0n) is 14.9. The van der Waals surface area contributed by atoms with E-state index in [9.17, 15) is 13.2 Å². The first-order chi connectivity index (χ1) is 12.3. The zero-order valence-corrected chi connectivity index (χ0v) is 15.7. The highest BCUT2D eigenvalue weighted by Gasteiger charge is 2.38. The van der Waals surface area contributed by atoms with Crippen molar-refractivity contribution in [2.24, 2.45) is 0 Å². The van der Waals surface area contributed by atoms with Gasteiger partial charge in [-0.25, -0.2) is 13.4 Å². The molecule has 0 aliphatic carbocycles. The largest absolute Gasteiger partial charge is 0.494 e. The Labute approximate surface area is 153 Å². The Morgan fingerprint density at radius 3 is 2.69 bits per heavy atom. The number of amides is 1. The Hall–Kier alpha value is -2.41. The summed E-state index contributed by atoms with van der Waals surface area (Å²) in [4.78, 5) is 15.9. The molecule has 0 atom stereocenters. The van der Waals surface area contributed by atoms with Crippen molar-refractivity contribution in [1.29, 1.82) is 0 Å². The van der Waals surface area contributed by atoms with Gasteiger partial charge in [-0.05, 0) is 62.6 Å². The summed E-state index contributed by atoms with van der Waals surface area (Å²) in [7, 11) is -3.35. The van der Waals surface area contributed by atoms with E-state index in [2.05, 4.69) is 10.3 Å². The molecule has 26 heavy (non-hydrogen) atoms. The number of sulfone groups is 1. The number of aromatic nitrogens is 1. The van der Waals surface area contributed by atoms with Crippen molar-refractivity contribution in [2.45, 2.75) is 37.1 Å². The number of unbranched alkanes of at least 4 members (excludes halogenated alkanes) is 1. The van der Waals surface area contributed by atoms with Gasteiger partial charge in [0, 0.05) is 11.9 Å². The molecule has 0 bridgehead atoms. The monoisotopic (exact) mass is 374 g/mol. The van der Waals surface area contributed by atoms with Crippen molar-refractivity contribution in [1.82, 2.24) is 4.98 Å². The van der Waals surface area contributed by atoms with E-state index in [1.54, 1.807) is 12.1 Å². The molecular formula is C19H22N2O4S. The van der Waals surface area contributed by atoms with Crippen molar-refractivity contribution in [3.05, 3.63) is 48.2 Å². The Morgan fingerprint density at radius 1 is 1.15 bits per heavy atom. The summed E-state index contributed by atoms with van der Waals surface area (Å²) < 4.78 is 30.0. The summed E-state index contributed by atoms with van der Waals surface area (Å²) in [5.41, 5.74) is 1.15. The minimum absolute atomic E-state index is 0.0237. The van der Waals surface area contributed by atoms with E-state index in [1.165, 1.54) is 12.3 Å². The fraction of sp³-hybridized carbons (Fsp3) is 0.368. The molecule has 2 aromatic rings. The second-order valence-electron chi connectivity index (χ2n) is 6.83. The van der Waals surface area contributed by atoms with Crippen LogP contribution in [-0.2, 0) is 20.0 Å². The fourth-order valence-electron chi connectivity index (χ4n) is 2.86. The van der Waals surface area contributed by atoms with Crippen LogP contribution in [0.3, 0.4) is 0 Å². The SMILES string of the molecule is CC1(C)C(=O)Nc2ccc(OCCCCS(=O)(=O)c3ccccn3)cc21. The predicted octanol–water partition coefficient (Wildman–Crippen LogP) is 2.94. The summed E-state index contributed by atoms with van der Waals surface area (Å²) in [5, 5.41) is 2.97. The van der Waals surface area contributed by atoms with Crippen molar-refractivity contribution >= 4 is 21.4 Å². The Morgan fingerprint density at radius 2 is 1.96 bits per heavy atom. The molecule has 1 aromatic carbocycles. The average molecular weight is 374 g/mol. The highest BCUT2D eigenvalue weighted by molar-refractivity contribution is 7.91. The molecule has 1 aliphatic rings. The lowest BCUT2D eigenvalue weighted by Gasteiger charge is -2.16. The number of anilines is 1. The smallest absolute Gasteiger partial charge is 0.234 e. The quantitative estimate of drug-likeness (QED) is 0.753. The molecule has 6 nitrogen and oxygen atoms in total. The van der Waals surface area contributed by atoms with Gasteiger partial charge < -0.3 is 10.1 Å². The molecule has 0 radical (unpaired) electrons. The third-order valence-corrected chi connectivity index (χ3v) is 6.22. The molecule has 0 saturated heterocycles. The van der Waals surface area contributed by atoms with Crippen LogP contribution >= 0.6 is 0 Å². The van der Waals surface area contributed by atoms with Crippen LogP contribution in [0.15, 0.2) is 47.6 Å². The standard InChI is InChI=1S/C19H22N2O4S/c1-19(2)15-13-14(8-9-16(15)21-18(19)22)25-11-5-6-12-26(23,24)17-7-3-4-10-20-17/h3-4,7-10,13H,5-6,11-12H2,1-2H3,(H,21,22). The molecule has 0 fully saturated rings. The molecule has 138 valence electrons. The number of ether oxygens (including phenoxy) is 1. The number of carbonyl (C=O) groups excluding carboxylic acids is 1.